The Morgan fingerprint density at radius 2 is 2.21 bits per heavy atom. The van der Waals surface area contributed by atoms with Crippen molar-refractivity contribution in [2.45, 2.75) is 27.2 Å². The molecule has 0 aliphatic rings. The molecule has 0 amide bonds. The third-order valence-electron chi connectivity index (χ3n) is 2.52. The van der Waals surface area contributed by atoms with Gasteiger partial charge in [0.25, 0.3) is 0 Å². The smallest absolute Gasteiger partial charge is 0.307 e. The zero-order valence-corrected chi connectivity index (χ0v) is 12.3. The molecule has 6 heteroatoms. The number of pyridine rings is 1. The molecule has 0 fully saturated rings. The number of hydrogen-bond acceptors (Lipinski definition) is 5. The molecule has 1 heterocycles. The van der Waals surface area contributed by atoms with Gasteiger partial charge in [-0.15, -0.1) is 0 Å². The number of thiocarbonyl (C=S) groups is 1. The summed E-state index contributed by atoms with van der Waals surface area (Å²) in [4.78, 5) is 15.9. The molecule has 0 aromatic carbocycles. The molecule has 1 rings (SSSR count). The van der Waals surface area contributed by atoms with E-state index in [0.717, 1.165) is 22.6 Å². The first-order chi connectivity index (χ1) is 8.95. The number of nitrogens with one attached hydrogen (secondary N) is 1. The van der Waals surface area contributed by atoms with Gasteiger partial charge in [0, 0.05) is 23.6 Å². The van der Waals surface area contributed by atoms with Crippen molar-refractivity contribution in [2.75, 3.05) is 18.5 Å². The summed E-state index contributed by atoms with van der Waals surface area (Å²) in [7, 11) is 0. The molecule has 0 aliphatic carbocycles. The number of nitrogens with zero attached hydrogens (tertiary/aromatic N) is 1. The van der Waals surface area contributed by atoms with E-state index in [9.17, 15) is 4.79 Å². The first kappa shape index (κ1) is 15.4. The maximum absolute atomic E-state index is 11.3. The van der Waals surface area contributed by atoms with Crippen LogP contribution in [0.2, 0.25) is 0 Å². The lowest BCUT2D eigenvalue weighted by Crippen LogP contribution is -2.18. The topological polar surface area (TPSA) is 77.2 Å². The standard InChI is InChI=1S/C13H19N3O2S/c1-4-18-11(17)5-6-15-10-7-8(2)16-9(3)12(10)13(14)19/h7H,4-6H2,1-3H3,(H2,14,19)(H,15,16). The van der Waals surface area contributed by atoms with Crippen LogP contribution in [0.5, 0.6) is 0 Å². The molecule has 104 valence electrons. The third-order valence-corrected chi connectivity index (χ3v) is 2.73. The van der Waals surface area contributed by atoms with Gasteiger partial charge in [-0.3, -0.25) is 9.78 Å². The summed E-state index contributed by atoms with van der Waals surface area (Å²) in [5, 5.41) is 3.16. The fraction of sp³-hybridized carbons (Fsp3) is 0.462. The molecule has 0 unspecified atom stereocenters. The Kier molecular flexibility index (Phi) is 5.69. The lowest BCUT2D eigenvalue weighted by Gasteiger charge is -2.14. The molecule has 0 saturated carbocycles. The number of rotatable bonds is 6. The normalized spacial score (nSPS) is 10.1. The molecule has 0 aliphatic heterocycles. The number of nitrogens with two attached hydrogens (primary N) is 1. The van der Waals surface area contributed by atoms with Gasteiger partial charge in [0.15, 0.2) is 0 Å². The Hall–Kier alpha value is -1.69. The second kappa shape index (κ2) is 7.04. The fourth-order valence-electron chi connectivity index (χ4n) is 1.81. The maximum atomic E-state index is 11.3. The summed E-state index contributed by atoms with van der Waals surface area (Å²) in [6, 6.07) is 1.87. The molecule has 0 saturated heterocycles. The first-order valence-corrected chi connectivity index (χ1v) is 6.54. The molecule has 0 spiro atoms. The van der Waals surface area contributed by atoms with Gasteiger partial charge in [-0.25, -0.2) is 0 Å². The van der Waals surface area contributed by atoms with Gasteiger partial charge >= 0.3 is 5.97 Å². The van der Waals surface area contributed by atoms with Gasteiger partial charge < -0.3 is 15.8 Å². The van der Waals surface area contributed by atoms with Crippen molar-refractivity contribution >= 4 is 28.9 Å². The number of aromatic nitrogens is 1. The highest BCUT2D eigenvalue weighted by Gasteiger charge is 2.11. The maximum Gasteiger partial charge on any atom is 0.307 e. The van der Waals surface area contributed by atoms with Gasteiger partial charge in [0.05, 0.1) is 18.6 Å². The molecule has 0 atom stereocenters. The van der Waals surface area contributed by atoms with Crippen LogP contribution in [0.3, 0.4) is 0 Å². The minimum absolute atomic E-state index is 0.227. The van der Waals surface area contributed by atoms with E-state index in [1.54, 1.807) is 6.92 Å². The van der Waals surface area contributed by atoms with Crippen LogP contribution < -0.4 is 11.1 Å². The highest BCUT2D eigenvalue weighted by atomic mass is 32.1. The largest absolute Gasteiger partial charge is 0.466 e. The van der Waals surface area contributed by atoms with Crippen LogP contribution >= 0.6 is 12.2 Å². The van der Waals surface area contributed by atoms with E-state index < -0.39 is 0 Å². The van der Waals surface area contributed by atoms with Crippen LogP contribution in [0.1, 0.15) is 30.3 Å². The molecule has 1 aromatic rings. The Morgan fingerprint density at radius 1 is 1.53 bits per heavy atom. The molecule has 1 aromatic heterocycles. The van der Waals surface area contributed by atoms with Gasteiger partial charge in [0.1, 0.15) is 4.99 Å². The van der Waals surface area contributed by atoms with E-state index in [4.69, 9.17) is 22.7 Å². The molecule has 5 nitrogen and oxygen atoms in total. The molecular formula is C13H19N3O2S. The average Bonchev–Trinajstić information content (AvgIpc) is 2.27. The highest BCUT2D eigenvalue weighted by molar-refractivity contribution is 7.80. The number of carbonyl (C=O) groups is 1. The Labute approximate surface area is 118 Å². The Bertz CT molecular complexity index is 489. The van der Waals surface area contributed by atoms with Crippen LogP contribution in [0.4, 0.5) is 5.69 Å². The van der Waals surface area contributed by atoms with Crippen LogP contribution in [-0.4, -0.2) is 29.1 Å². The summed E-state index contributed by atoms with van der Waals surface area (Å²) in [6.45, 7) is 6.40. The van der Waals surface area contributed by atoms with Crippen molar-refractivity contribution in [3.05, 3.63) is 23.0 Å². The van der Waals surface area contributed by atoms with Crippen molar-refractivity contribution in [1.82, 2.24) is 4.98 Å². The number of anilines is 1. The quantitative estimate of drug-likeness (QED) is 0.610. The Morgan fingerprint density at radius 3 is 2.79 bits per heavy atom. The molecular weight excluding hydrogens is 262 g/mol. The highest BCUT2D eigenvalue weighted by Crippen LogP contribution is 2.19. The van der Waals surface area contributed by atoms with Gasteiger partial charge in [-0.1, -0.05) is 12.2 Å². The monoisotopic (exact) mass is 281 g/mol. The van der Waals surface area contributed by atoms with Gasteiger partial charge in [0.2, 0.25) is 0 Å². The molecule has 0 radical (unpaired) electrons. The van der Waals surface area contributed by atoms with E-state index >= 15 is 0 Å². The van der Waals surface area contributed by atoms with Crippen molar-refractivity contribution in [2.24, 2.45) is 5.73 Å². The minimum Gasteiger partial charge on any atom is -0.466 e. The second-order valence-electron chi connectivity index (χ2n) is 4.12. The number of hydrogen-bond donors (Lipinski definition) is 2. The SMILES string of the molecule is CCOC(=O)CCNc1cc(C)nc(C)c1C(N)=S. The number of aryl methyl sites for hydroxylation is 2. The van der Waals surface area contributed by atoms with E-state index in [1.807, 2.05) is 19.9 Å². The van der Waals surface area contributed by atoms with Crippen LogP contribution in [0, 0.1) is 13.8 Å². The zero-order chi connectivity index (χ0) is 14.4. The molecule has 3 N–H and O–H groups in total. The van der Waals surface area contributed by atoms with Gasteiger partial charge in [-0.2, -0.15) is 0 Å². The lowest BCUT2D eigenvalue weighted by atomic mass is 10.1. The Balaban J connectivity index is 2.77. The first-order valence-electron chi connectivity index (χ1n) is 6.13. The van der Waals surface area contributed by atoms with Crippen molar-refractivity contribution in [3.8, 4) is 0 Å². The van der Waals surface area contributed by atoms with E-state index in [0.29, 0.717) is 24.6 Å². The molecule has 0 bridgehead atoms. The summed E-state index contributed by atoms with van der Waals surface area (Å²) in [5.74, 6) is -0.227. The summed E-state index contributed by atoms with van der Waals surface area (Å²) < 4.78 is 4.86. The summed E-state index contributed by atoms with van der Waals surface area (Å²) >= 11 is 5.03. The number of esters is 1. The van der Waals surface area contributed by atoms with Crippen LogP contribution in [0.25, 0.3) is 0 Å². The second-order valence-corrected chi connectivity index (χ2v) is 4.56. The average molecular weight is 281 g/mol. The zero-order valence-electron chi connectivity index (χ0n) is 11.4. The predicted molar refractivity (Wildman–Crippen MR) is 79.3 cm³/mol. The summed E-state index contributed by atoms with van der Waals surface area (Å²) in [6.07, 6.45) is 0.297. The van der Waals surface area contributed by atoms with Crippen molar-refractivity contribution < 1.29 is 9.53 Å². The third kappa shape index (κ3) is 4.48. The number of carbonyl (C=O) groups excluding carboxylic acids is 1. The van der Waals surface area contributed by atoms with Crippen LogP contribution in [-0.2, 0) is 9.53 Å². The van der Waals surface area contributed by atoms with Gasteiger partial charge in [-0.05, 0) is 26.8 Å². The lowest BCUT2D eigenvalue weighted by molar-refractivity contribution is -0.142. The van der Waals surface area contributed by atoms with Crippen molar-refractivity contribution in [1.29, 1.82) is 0 Å². The summed E-state index contributed by atoms with van der Waals surface area (Å²) in [5.41, 5.74) is 8.89. The van der Waals surface area contributed by atoms with Crippen molar-refractivity contribution in [3.63, 3.8) is 0 Å². The molecule has 19 heavy (non-hydrogen) atoms. The van der Waals surface area contributed by atoms with E-state index in [-0.39, 0.29) is 5.97 Å². The fourth-order valence-corrected chi connectivity index (χ4v) is 2.07. The minimum atomic E-state index is -0.227. The number of ether oxygens (including phenoxy) is 1. The predicted octanol–water partition coefficient (Wildman–Crippen LogP) is 1.70. The van der Waals surface area contributed by atoms with E-state index in [1.165, 1.54) is 0 Å². The van der Waals surface area contributed by atoms with E-state index in [2.05, 4.69) is 10.3 Å². The van der Waals surface area contributed by atoms with Crippen LogP contribution in [0.15, 0.2) is 6.07 Å².